The van der Waals surface area contributed by atoms with E-state index in [1.54, 1.807) is 0 Å². The van der Waals surface area contributed by atoms with Gasteiger partial charge in [-0.25, -0.2) is 0 Å². The van der Waals surface area contributed by atoms with Crippen molar-refractivity contribution in [3.05, 3.63) is 35.9 Å². The Labute approximate surface area is 109 Å². The Kier molecular flexibility index (Phi) is 4.18. The fourth-order valence-corrected chi connectivity index (χ4v) is 2.86. The number of carbonyl (C=O) groups is 1. The van der Waals surface area contributed by atoms with Crippen molar-refractivity contribution < 1.29 is 9.90 Å². The zero-order chi connectivity index (χ0) is 13.0. The maximum absolute atomic E-state index is 12.5. The number of carbonyl (C=O) groups excluding carboxylic acids is 1. The number of aliphatic hydroxyl groups excluding tert-OH is 1. The summed E-state index contributed by atoms with van der Waals surface area (Å²) in [6.45, 7) is 2.05. The third-order valence-electron chi connectivity index (χ3n) is 4.21. The normalized spacial score (nSPS) is 19.0. The second kappa shape index (κ2) is 5.66. The Hall–Kier alpha value is -1.15. The van der Waals surface area contributed by atoms with Gasteiger partial charge < -0.3 is 5.11 Å². The van der Waals surface area contributed by atoms with Crippen LogP contribution in [0.15, 0.2) is 30.3 Å². The smallest absolute Gasteiger partial charge is 0.145 e. The second-order valence-electron chi connectivity index (χ2n) is 5.40. The highest BCUT2D eigenvalue weighted by Gasteiger charge is 2.48. The first-order valence-electron chi connectivity index (χ1n) is 6.94. The molecule has 1 aliphatic carbocycles. The van der Waals surface area contributed by atoms with Crippen LogP contribution < -0.4 is 0 Å². The van der Waals surface area contributed by atoms with Gasteiger partial charge in [-0.15, -0.1) is 0 Å². The summed E-state index contributed by atoms with van der Waals surface area (Å²) in [5.74, 6) is 0.223. The molecule has 1 aromatic carbocycles. The summed E-state index contributed by atoms with van der Waals surface area (Å²) in [5, 5.41) is 10.2. The molecule has 1 aromatic rings. The monoisotopic (exact) mass is 246 g/mol. The van der Waals surface area contributed by atoms with Crippen LogP contribution in [0.3, 0.4) is 0 Å². The second-order valence-corrected chi connectivity index (χ2v) is 5.40. The molecular weight excluding hydrogens is 224 g/mol. The van der Waals surface area contributed by atoms with Crippen LogP contribution in [0, 0.1) is 5.41 Å². The summed E-state index contributed by atoms with van der Waals surface area (Å²) < 4.78 is 0. The lowest BCUT2D eigenvalue weighted by molar-refractivity contribution is -0.143. The SMILES string of the molecule is CCCC(O)C1(C(=O)Cc2ccccc2)CCC1. The summed E-state index contributed by atoms with van der Waals surface area (Å²) in [6, 6.07) is 9.84. The maximum atomic E-state index is 12.5. The Balaban J connectivity index is 2.06. The van der Waals surface area contributed by atoms with E-state index in [-0.39, 0.29) is 5.78 Å². The summed E-state index contributed by atoms with van der Waals surface area (Å²) >= 11 is 0. The largest absolute Gasteiger partial charge is 0.392 e. The van der Waals surface area contributed by atoms with Crippen molar-refractivity contribution in [3.63, 3.8) is 0 Å². The van der Waals surface area contributed by atoms with Gasteiger partial charge >= 0.3 is 0 Å². The molecule has 0 aliphatic heterocycles. The molecule has 98 valence electrons. The van der Waals surface area contributed by atoms with Crippen molar-refractivity contribution in [1.29, 1.82) is 0 Å². The maximum Gasteiger partial charge on any atom is 0.145 e. The predicted octanol–water partition coefficient (Wildman–Crippen LogP) is 3.13. The minimum Gasteiger partial charge on any atom is -0.392 e. The average Bonchev–Trinajstić information content (AvgIpc) is 2.29. The summed E-state index contributed by atoms with van der Waals surface area (Å²) in [6.07, 6.45) is 4.47. The first kappa shape index (κ1) is 13.3. The van der Waals surface area contributed by atoms with Gasteiger partial charge in [0, 0.05) is 6.42 Å². The molecule has 2 nitrogen and oxygen atoms in total. The third kappa shape index (κ3) is 2.49. The standard InChI is InChI=1S/C16H22O2/c1-2-7-14(17)16(10-6-11-16)15(18)12-13-8-4-3-5-9-13/h3-5,8-9,14,17H,2,6-7,10-12H2,1H3. The molecule has 0 saturated heterocycles. The van der Waals surface area contributed by atoms with E-state index in [9.17, 15) is 9.90 Å². The number of benzene rings is 1. The zero-order valence-corrected chi connectivity index (χ0v) is 11.1. The highest BCUT2D eigenvalue weighted by molar-refractivity contribution is 5.88. The van der Waals surface area contributed by atoms with Crippen molar-refractivity contribution in [3.8, 4) is 0 Å². The van der Waals surface area contributed by atoms with E-state index in [4.69, 9.17) is 0 Å². The minimum absolute atomic E-state index is 0.223. The van der Waals surface area contributed by atoms with Gasteiger partial charge in [-0.2, -0.15) is 0 Å². The van der Waals surface area contributed by atoms with Crippen LogP contribution in [-0.4, -0.2) is 17.0 Å². The lowest BCUT2D eigenvalue weighted by Crippen LogP contribution is -2.48. The Morgan fingerprint density at radius 3 is 2.50 bits per heavy atom. The molecular formula is C16H22O2. The van der Waals surface area contributed by atoms with Crippen molar-refractivity contribution >= 4 is 5.78 Å². The van der Waals surface area contributed by atoms with Crippen molar-refractivity contribution in [1.82, 2.24) is 0 Å². The van der Waals surface area contributed by atoms with Gasteiger partial charge in [-0.3, -0.25) is 4.79 Å². The van der Waals surface area contributed by atoms with E-state index < -0.39 is 11.5 Å². The van der Waals surface area contributed by atoms with E-state index in [0.29, 0.717) is 6.42 Å². The Morgan fingerprint density at radius 2 is 2.00 bits per heavy atom. The quantitative estimate of drug-likeness (QED) is 0.837. The van der Waals surface area contributed by atoms with Gasteiger partial charge in [0.2, 0.25) is 0 Å². The van der Waals surface area contributed by atoms with Crippen LogP contribution in [0.2, 0.25) is 0 Å². The summed E-state index contributed by atoms with van der Waals surface area (Å²) in [7, 11) is 0. The van der Waals surface area contributed by atoms with E-state index >= 15 is 0 Å². The van der Waals surface area contributed by atoms with Crippen molar-refractivity contribution in [2.45, 2.75) is 51.6 Å². The summed E-state index contributed by atoms with van der Waals surface area (Å²) in [5.41, 5.74) is 0.615. The molecule has 0 heterocycles. The van der Waals surface area contributed by atoms with E-state index in [1.165, 1.54) is 0 Å². The van der Waals surface area contributed by atoms with Gasteiger partial charge in [-0.1, -0.05) is 50.1 Å². The Bertz CT molecular complexity index is 393. The number of rotatable bonds is 6. The molecule has 1 atom stereocenters. The predicted molar refractivity (Wildman–Crippen MR) is 72.4 cm³/mol. The van der Waals surface area contributed by atoms with E-state index in [0.717, 1.165) is 37.7 Å². The van der Waals surface area contributed by atoms with E-state index in [1.807, 2.05) is 30.3 Å². The van der Waals surface area contributed by atoms with Crippen molar-refractivity contribution in [2.24, 2.45) is 5.41 Å². The fourth-order valence-electron chi connectivity index (χ4n) is 2.86. The van der Waals surface area contributed by atoms with Gasteiger partial charge in [0.25, 0.3) is 0 Å². The minimum atomic E-state index is -0.451. The highest BCUT2D eigenvalue weighted by Crippen LogP contribution is 2.46. The molecule has 18 heavy (non-hydrogen) atoms. The molecule has 0 spiro atoms. The van der Waals surface area contributed by atoms with Gasteiger partial charge in [0.15, 0.2) is 0 Å². The molecule has 0 bridgehead atoms. The molecule has 1 saturated carbocycles. The molecule has 0 amide bonds. The van der Waals surface area contributed by atoms with Crippen LogP contribution in [0.4, 0.5) is 0 Å². The van der Waals surface area contributed by atoms with E-state index in [2.05, 4.69) is 6.92 Å². The van der Waals surface area contributed by atoms with Gasteiger partial charge in [0.1, 0.15) is 5.78 Å². The highest BCUT2D eigenvalue weighted by atomic mass is 16.3. The molecule has 1 aliphatic rings. The van der Waals surface area contributed by atoms with Crippen LogP contribution in [-0.2, 0) is 11.2 Å². The molecule has 1 unspecified atom stereocenters. The zero-order valence-electron chi connectivity index (χ0n) is 11.1. The number of hydrogen-bond acceptors (Lipinski definition) is 2. The number of Topliss-reactive ketones (excluding diaryl/α,β-unsaturated/α-hetero) is 1. The molecule has 2 rings (SSSR count). The lowest BCUT2D eigenvalue weighted by atomic mass is 9.60. The van der Waals surface area contributed by atoms with Crippen LogP contribution in [0.1, 0.15) is 44.6 Å². The Morgan fingerprint density at radius 1 is 1.33 bits per heavy atom. The average molecular weight is 246 g/mol. The molecule has 0 radical (unpaired) electrons. The third-order valence-corrected chi connectivity index (χ3v) is 4.21. The molecule has 1 N–H and O–H groups in total. The van der Waals surface area contributed by atoms with Crippen molar-refractivity contribution in [2.75, 3.05) is 0 Å². The van der Waals surface area contributed by atoms with Crippen LogP contribution in [0.25, 0.3) is 0 Å². The molecule has 2 heteroatoms. The fraction of sp³-hybridized carbons (Fsp3) is 0.562. The number of aliphatic hydroxyl groups is 1. The number of ketones is 1. The first-order valence-corrected chi connectivity index (χ1v) is 6.94. The molecule has 1 fully saturated rings. The topological polar surface area (TPSA) is 37.3 Å². The lowest BCUT2D eigenvalue weighted by Gasteiger charge is -2.44. The number of hydrogen-bond donors (Lipinski definition) is 1. The van der Waals surface area contributed by atoms with Gasteiger partial charge in [0.05, 0.1) is 11.5 Å². The molecule has 0 aromatic heterocycles. The van der Waals surface area contributed by atoms with Gasteiger partial charge in [-0.05, 0) is 24.8 Å². The van der Waals surface area contributed by atoms with Crippen LogP contribution in [0.5, 0.6) is 0 Å². The summed E-state index contributed by atoms with van der Waals surface area (Å²) in [4.78, 5) is 12.5. The van der Waals surface area contributed by atoms with Crippen LogP contribution >= 0.6 is 0 Å². The first-order chi connectivity index (χ1) is 8.69.